The van der Waals surface area contributed by atoms with Crippen molar-refractivity contribution >= 4 is 12.6 Å². The Labute approximate surface area is 101 Å². The van der Waals surface area contributed by atoms with Crippen LogP contribution in [0.3, 0.4) is 0 Å². The van der Waals surface area contributed by atoms with Crippen molar-refractivity contribution in [3.05, 3.63) is 0 Å². The van der Waals surface area contributed by atoms with Gasteiger partial charge in [-0.15, -0.1) is 0 Å². The predicted octanol–water partition coefficient (Wildman–Crippen LogP) is 3.60. The number of thiol groups is 1. The SMILES string of the molecule is CCC1CCCN(CCCCCCS)C1. The minimum Gasteiger partial charge on any atom is -0.303 e. The molecule has 1 unspecified atom stereocenters. The van der Waals surface area contributed by atoms with Gasteiger partial charge in [0.1, 0.15) is 0 Å². The van der Waals surface area contributed by atoms with E-state index in [1.54, 1.807) is 0 Å². The topological polar surface area (TPSA) is 3.24 Å². The first-order valence-electron chi connectivity index (χ1n) is 6.70. The van der Waals surface area contributed by atoms with Gasteiger partial charge in [-0.05, 0) is 50.4 Å². The molecule has 2 heteroatoms. The second-order valence-electron chi connectivity index (χ2n) is 4.85. The molecular formula is C13H27NS. The van der Waals surface area contributed by atoms with Crippen molar-refractivity contribution in [3.63, 3.8) is 0 Å². The van der Waals surface area contributed by atoms with Crippen LogP contribution >= 0.6 is 12.6 Å². The third kappa shape index (κ3) is 5.82. The highest BCUT2D eigenvalue weighted by molar-refractivity contribution is 7.80. The maximum Gasteiger partial charge on any atom is 0.000956 e. The van der Waals surface area contributed by atoms with Gasteiger partial charge >= 0.3 is 0 Å². The first-order chi connectivity index (χ1) is 7.36. The second-order valence-corrected chi connectivity index (χ2v) is 5.30. The van der Waals surface area contributed by atoms with Crippen LogP contribution in [0.25, 0.3) is 0 Å². The molecule has 0 bridgehead atoms. The molecule has 0 aromatic carbocycles. The molecule has 1 nitrogen and oxygen atoms in total. The molecule has 0 saturated carbocycles. The van der Waals surface area contributed by atoms with Gasteiger partial charge in [0.25, 0.3) is 0 Å². The standard InChI is InChI=1S/C13H27NS/c1-2-13-8-7-10-14(12-13)9-5-3-4-6-11-15/h13,15H,2-12H2,1H3. The fourth-order valence-electron chi connectivity index (χ4n) is 2.49. The van der Waals surface area contributed by atoms with Crippen LogP contribution in [0.4, 0.5) is 0 Å². The molecule has 0 spiro atoms. The third-order valence-corrected chi connectivity index (χ3v) is 3.88. The van der Waals surface area contributed by atoms with E-state index in [1.807, 2.05) is 0 Å². The summed E-state index contributed by atoms with van der Waals surface area (Å²) in [6.45, 7) is 6.38. The fraction of sp³-hybridized carbons (Fsp3) is 1.00. The maximum atomic E-state index is 4.24. The van der Waals surface area contributed by atoms with Gasteiger partial charge in [-0.25, -0.2) is 0 Å². The molecule has 90 valence electrons. The van der Waals surface area contributed by atoms with E-state index in [1.165, 1.54) is 64.6 Å². The molecule has 0 radical (unpaired) electrons. The van der Waals surface area contributed by atoms with Gasteiger partial charge in [0, 0.05) is 6.54 Å². The van der Waals surface area contributed by atoms with Crippen LogP contribution in [0.2, 0.25) is 0 Å². The number of likely N-dealkylation sites (tertiary alicyclic amines) is 1. The minimum absolute atomic E-state index is 0.983. The van der Waals surface area contributed by atoms with Crippen molar-refractivity contribution in [3.8, 4) is 0 Å². The lowest BCUT2D eigenvalue weighted by Crippen LogP contribution is -2.35. The summed E-state index contributed by atoms with van der Waals surface area (Å²) in [6, 6.07) is 0. The van der Waals surface area contributed by atoms with E-state index in [0.717, 1.165) is 11.7 Å². The van der Waals surface area contributed by atoms with Crippen LogP contribution in [0.5, 0.6) is 0 Å². The van der Waals surface area contributed by atoms with Crippen molar-refractivity contribution in [1.29, 1.82) is 0 Å². The fourth-order valence-corrected chi connectivity index (χ4v) is 2.71. The van der Waals surface area contributed by atoms with Crippen LogP contribution < -0.4 is 0 Å². The van der Waals surface area contributed by atoms with Gasteiger partial charge in [-0.2, -0.15) is 12.6 Å². The van der Waals surface area contributed by atoms with Crippen LogP contribution in [-0.4, -0.2) is 30.3 Å². The quantitative estimate of drug-likeness (QED) is 0.516. The molecule has 0 aliphatic carbocycles. The normalized spacial score (nSPS) is 23.2. The van der Waals surface area contributed by atoms with E-state index in [9.17, 15) is 0 Å². The Morgan fingerprint density at radius 2 is 2.00 bits per heavy atom. The molecule has 1 aliphatic heterocycles. The van der Waals surface area contributed by atoms with Crippen molar-refractivity contribution in [1.82, 2.24) is 4.90 Å². The molecule has 0 N–H and O–H groups in total. The van der Waals surface area contributed by atoms with E-state index >= 15 is 0 Å². The second kappa shape index (κ2) is 8.46. The number of rotatable bonds is 7. The Kier molecular flexibility index (Phi) is 7.54. The first kappa shape index (κ1) is 13.4. The van der Waals surface area contributed by atoms with Gasteiger partial charge in [-0.3, -0.25) is 0 Å². The van der Waals surface area contributed by atoms with E-state index < -0.39 is 0 Å². The molecule has 1 aliphatic rings. The van der Waals surface area contributed by atoms with Crippen LogP contribution in [0, 0.1) is 5.92 Å². The lowest BCUT2D eigenvalue weighted by atomic mass is 9.95. The van der Waals surface area contributed by atoms with Crippen molar-refractivity contribution in [2.45, 2.75) is 51.9 Å². The first-order valence-corrected chi connectivity index (χ1v) is 7.33. The van der Waals surface area contributed by atoms with Crippen LogP contribution in [-0.2, 0) is 0 Å². The van der Waals surface area contributed by atoms with E-state index in [2.05, 4.69) is 24.5 Å². The lowest BCUT2D eigenvalue weighted by Gasteiger charge is -2.32. The molecule has 0 amide bonds. The summed E-state index contributed by atoms with van der Waals surface area (Å²) in [5.74, 6) is 2.04. The molecule has 1 atom stereocenters. The zero-order valence-electron chi connectivity index (χ0n) is 10.2. The average Bonchev–Trinajstić information content (AvgIpc) is 2.29. The Morgan fingerprint density at radius 3 is 2.73 bits per heavy atom. The number of piperidine rings is 1. The summed E-state index contributed by atoms with van der Waals surface area (Å²) >= 11 is 4.24. The highest BCUT2D eigenvalue weighted by Gasteiger charge is 2.17. The number of hydrogen-bond acceptors (Lipinski definition) is 2. The van der Waals surface area contributed by atoms with Crippen molar-refractivity contribution < 1.29 is 0 Å². The third-order valence-electron chi connectivity index (χ3n) is 3.56. The van der Waals surface area contributed by atoms with E-state index in [4.69, 9.17) is 0 Å². The zero-order valence-corrected chi connectivity index (χ0v) is 11.1. The van der Waals surface area contributed by atoms with Gasteiger partial charge in [0.15, 0.2) is 0 Å². The van der Waals surface area contributed by atoms with Crippen molar-refractivity contribution in [2.24, 2.45) is 5.92 Å². The maximum absolute atomic E-state index is 4.24. The average molecular weight is 229 g/mol. The summed E-state index contributed by atoms with van der Waals surface area (Å²) in [7, 11) is 0. The van der Waals surface area contributed by atoms with Crippen LogP contribution in [0.1, 0.15) is 51.9 Å². The summed E-state index contributed by atoms with van der Waals surface area (Å²) in [6.07, 6.45) is 9.71. The van der Waals surface area contributed by atoms with E-state index in [-0.39, 0.29) is 0 Å². The Hall–Kier alpha value is 0.310. The largest absolute Gasteiger partial charge is 0.303 e. The molecule has 1 heterocycles. The lowest BCUT2D eigenvalue weighted by molar-refractivity contribution is 0.169. The van der Waals surface area contributed by atoms with Crippen molar-refractivity contribution in [2.75, 3.05) is 25.4 Å². The molecule has 1 rings (SSSR count). The summed E-state index contributed by atoms with van der Waals surface area (Å²) in [5, 5.41) is 0. The van der Waals surface area contributed by atoms with Gasteiger partial charge in [-0.1, -0.05) is 26.2 Å². The molecular weight excluding hydrogens is 202 g/mol. The molecule has 1 saturated heterocycles. The van der Waals surface area contributed by atoms with Gasteiger partial charge in [0.2, 0.25) is 0 Å². The zero-order chi connectivity index (χ0) is 10.9. The monoisotopic (exact) mass is 229 g/mol. The Bertz CT molecular complexity index is 149. The van der Waals surface area contributed by atoms with Crippen LogP contribution in [0.15, 0.2) is 0 Å². The molecule has 0 aromatic heterocycles. The number of unbranched alkanes of at least 4 members (excludes halogenated alkanes) is 3. The number of nitrogens with zero attached hydrogens (tertiary/aromatic N) is 1. The molecule has 0 aromatic rings. The highest BCUT2D eigenvalue weighted by Crippen LogP contribution is 2.19. The Balaban J connectivity index is 2.00. The van der Waals surface area contributed by atoms with Gasteiger partial charge < -0.3 is 4.90 Å². The smallest absolute Gasteiger partial charge is 0.000956 e. The van der Waals surface area contributed by atoms with Gasteiger partial charge in [0.05, 0.1) is 0 Å². The number of hydrogen-bond donors (Lipinski definition) is 1. The molecule has 15 heavy (non-hydrogen) atoms. The summed E-state index contributed by atoms with van der Waals surface area (Å²) < 4.78 is 0. The minimum atomic E-state index is 0.983. The summed E-state index contributed by atoms with van der Waals surface area (Å²) in [5.41, 5.74) is 0. The highest BCUT2D eigenvalue weighted by atomic mass is 32.1. The van der Waals surface area contributed by atoms with E-state index in [0.29, 0.717) is 0 Å². The predicted molar refractivity (Wildman–Crippen MR) is 71.8 cm³/mol. The summed E-state index contributed by atoms with van der Waals surface area (Å²) in [4.78, 5) is 2.68. The Morgan fingerprint density at radius 1 is 1.20 bits per heavy atom. The molecule has 1 fully saturated rings.